The molecule has 15 heavy (non-hydrogen) atoms. The van der Waals surface area contributed by atoms with E-state index in [1.54, 1.807) is 6.07 Å². The van der Waals surface area contributed by atoms with E-state index in [1.807, 2.05) is 6.92 Å². The molecule has 1 atom stereocenters. The van der Waals surface area contributed by atoms with Crippen LogP contribution in [0.1, 0.15) is 12.5 Å². The van der Waals surface area contributed by atoms with Gasteiger partial charge in [-0.15, -0.1) is 0 Å². The summed E-state index contributed by atoms with van der Waals surface area (Å²) in [5, 5.41) is 3.17. The van der Waals surface area contributed by atoms with Crippen LogP contribution in [0.2, 0.25) is 0 Å². The molecular weight excluding hydrogens is 198 g/mol. The summed E-state index contributed by atoms with van der Waals surface area (Å²) in [6.45, 7) is 3.26. The molecule has 0 aliphatic carbocycles. The van der Waals surface area contributed by atoms with Gasteiger partial charge in [-0.2, -0.15) is 0 Å². The van der Waals surface area contributed by atoms with Gasteiger partial charge in [0.15, 0.2) is 11.6 Å². The highest BCUT2D eigenvalue weighted by Crippen LogP contribution is 2.08. The lowest BCUT2D eigenvalue weighted by molar-refractivity contribution is 0.505. The molecule has 0 aromatic heterocycles. The Hall–Kier alpha value is -1.00. The third-order valence-electron chi connectivity index (χ3n) is 2.24. The third-order valence-corrected chi connectivity index (χ3v) is 2.24. The van der Waals surface area contributed by atoms with Gasteiger partial charge in [0.05, 0.1) is 0 Å². The number of nitrogens with two attached hydrogens (primary N) is 1. The summed E-state index contributed by atoms with van der Waals surface area (Å²) in [6, 6.07) is 4.21. The highest BCUT2D eigenvalue weighted by molar-refractivity contribution is 5.18. The van der Waals surface area contributed by atoms with Crippen molar-refractivity contribution in [1.82, 2.24) is 5.32 Å². The van der Waals surface area contributed by atoms with Gasteiger partial charge in [-0.1, -0.05) is 6.07 Å². The monoisotopic (exact) mass is 214 g/mol. The van der Waals surface area contributed by atoms with E-state index >= 15 is 0 Å². The van der Waals surface area contributed by atoms with Crippen LogP contribution < -0.4 is 11.1 Å². The second kappa shape index (κ2) is 5.78. The molecule has 0 bridgehead atoms. The number of halogens is 2. The van der Waals surface area contributed by atoms with Crippen LogP contribution in [0.25, 0.3) is 0 Å². The quantitative estimate of drug-likeness (QED) is 0.778. The average Bonchev–Trinajstić information content (AvgIpc) is 2.23. The van der Waals surface area contributed by atoms with E-state index in [-0.39, 0.29) is 6.04 Å². The molecule has 0 heterocycles. The maximum Gasteiger partial charge on any atom is 0.159 e. The van der Waals surface area contributed by atoms with E-state index in [0.717, 1.165) is 11.6 Å². The first-order valence-electron chi connectivity index (χ1n) is 5.01. The Labute approximate surface area is 88.5 Å². The maximum absolute atomic E-state index is 12.8. The van der Waals surface area contributed by atoms with Crippen LogP contribution in [0.3, 0.4) is 0 Å². The van der Waals surface area contributed by atoms with Gasteiger partial charge in [0, 0.05) is 12.6 Å². The van der Waals surface area contributed by atoms with Crippen molar-refractivity contribution in [3.05, 3.63) is 35.4 Å². The van der Waals surface area contributed by atoms with Crippen molar-refractivity contribution in [2.75, 3.05) is 13.1 Å². The first-order valence-corrected chi connectivity index (χ1v) is 5.01. The molecule has 84 valence electrons. The zero-order chi connectivity index (χ0) is 11.3. The molecule has 0 spiro atoms. The molecule has 1 rings (SSSR count). The molecule has 0 aliphatic rings. The zero-order valence-electron chi connectivity index (χ0n) is 8.76. The predicted molar refractivity (Wildman–Crippen MR) is 56.6 cm³/mol. The summed E-state index contributed by atoms with van der Waals surface area (Å²) in [4.78, 5) is 0. The summed E-state index contributed by atoms with van der Waals surface area (Å²) in [5.74, 6) is -1.60. The highest BCUT2D eigenvalue weighted by atomic mass is 19.2. The molecular formula is C11H16F2N2. The van der Waals surface area contributed by atoms with Crippen LogP contribution in [0.5, 0.6) is 0 Å². The molecule has 4 heteroatoms. The lowest BCUT2D eigenvalue weighted by Gasteiger charge is -2.10. The molecule has 0 amide bonds. The zero-order valence-corrected chi connectivity index (χ0v) is 8.76. The smallest absolute Gasteiger partial charge is 0.159 e. The number of rotatable bonds is 5. The summed E-state index contributed by atoms with van der Waals surface area (Å²) in [7, 11) is 0. The number of nitrogens with one attached hydrogen (secondary N) is 1. The summed E-state index contributed by atoms with van der Waals surface area (Å²) < 4.78 is 25.4. The van der Waals surface area contributed by atoms with Crippen molar-refractivity contribution in [2.45, 2.75) is 19.4 Å². The maximum atomic E-state index is 12.8. The normalized spacial score (nSPS) is 12.8. The second-order valence-electron chi connectivity index (χ2n) is 3.59. The van der Waals surface area contributed by atoms with Crippen LogP contribution >= 0.6 is 0 Å². The molecule has 0 fully saturated rings. The molecule has 1 unspecified atom stereocenters. The number of hydrogen-bond acceptors (Lipinski definition) is 2. The van der Waals surface area contributed by atoms with Gasteiger partial charge in [0.1, 0.15) is 0 Å². The summed E-state index contributed by atoms with van der Waals surface area (Å²) in [5.41, 5.74) is 6.21. The van der Waals surface area contributed by atoms with Crippen LogP contribution in [-0.2, 0) is 6.42 Å². The molecule has 3 N–H and O–H groups in total. The Morgan fingerprint density at radius 3 is 2.67 bits per heavy atom. The van der Waals surface area contributed by atoms with Crippen LogP contribution in [0.4, 0.5) is 8.78 Å². The SMILES string of the molecule is CC(CN)NCCc1ccc(F)c(F)c1. The van der Waals surface area contributed by atoms with Crippen molar-refractivity contribution in [3.8, 4) is 0 Å². The van der Waals surface area contributed by atoms with Crippen LogP contribution in [-0.4, -0.2) is 19.1 Å². The van der Waals surface area contributed by atoms with Crippen molar-refractivity contribution in [1.29, 1.82) is 0 Å². The molecule has 0 aliphatic heterocycles. The van der Waals surface area contributed by atoms with Crippen LogP contribution in [0, 0.1) is 11.6 Å². The van der Waals surface area contributed by atoms with Crippen molar-refractivity contribution in [3.63, 3.8) is 0 Å². The Balaban J connectivity index is 2.41. The van der Waals surface area contributed by atoms with Crippen LogP contribution in [0.15, 0.2) is 18.2 Å². The lowest BCUT2D eigenvalue weighted by atomic mass is 10.1. The summed E-state index contributed by atoms with van der Waals surface area (Å²) >= 11 is 0. The van der Waals surface area contributed by atoms with Gasteiger partial charge in [-0.3, -0.25) is 0 Å². The molecule has 0 radical (unpaired) electrons. The topological polar surface area (TPSA) is 38.0 Å². The van der Waals surface area contributed by atoms with E-state index in [2.05, 4.69) is 5.32 Å². The summed E-state index contributed by atoms with van der Waals surface area (Å²) in [6.07, 6.45) is 0.668. The Morgan fingerprint density at radius 1 is 1.33 bits per heavy atom. The fourth-order valence-electron chi connectivity index (χ4n) is 1.24. The molecule has 2 nitrogen and oxygen atoms in total. The third kappa shape index (κ3) is 3.93. The number of hydrogen-bond donors (Lipinski definition) is 2. The minimum absolute atomic E-state index is 0.246. The molecule has 1 aromatic rings. The highest BCUT2D eigenvalue weighted by Gasteiger charge is 2.03. The van der Waals surface area contributed by atoms with E-state index in [1.165, 1.54) is 6.07 Å². The van der Waals surface area contributed by atoms with E-state index in [4.69, 9.17) is 5.73 Å². The van der Waals surface area contributed by atoms with Crippen molar-refractivity contribution >= 4 is 0 Å². The van der Waals surface area contributed by atoms with Gasteiger partial charge in [0.25, 0.3) is 0 Å². The minimum atomic E-state index is -0.804. The van der Waals surface area contributed by atoms with Gasteiger partial charge in [0.2, 0.25) is 0 Å². The van der Waals surface area contributed by atoms with Crippen molar-refractivity contribution in [2.24, 2.45) is 5.73 Å². The minimum Gasteiger partial charge on any atom is -0.329 e. The Morgan fingerprint density at radius 2 is 2.07 bits per heavy atom. The fraction of sp³-hybridized carbons (Fsp3) is 0.455. The number of benzene rings is 1. The standard InChI is InChI=1S/C11H16F2N2/c1-8(7-14)15-5-4-9-2-3-10(12)11(13)6-9/h2-3,6,8,15H,4-5,7,14H2,1H3. The van der Waals surface area contributed by atoms with Gasteiger partial charge in [-0.25, -0.2) is 8.78 Å². The van der Waals surface area contributed by atoms with E-state index < -0.39 is 11.6 Å². The largest absolute Gasteiger partial charge is 0.329 e. The van der Waals surface area contributed by atoms with E-state index in [9.17, 15) is 8.78 Å². The Kier molecular flexibility index (Phi) is 4.65. The van der Waals surface area contributed by atoms with Gasteiger partial charge >= 0.3 is 0 Å². The first kappa shape index (κ1) is 12.1. The van der Waals surface area contributed by atoms with E-state index in [0.29, 0.717) is 19.5 Å². The second-order valence-corrected chi connectivity index (χ2v) is 3.59. The Bertz CT molecular complexity index is 315. The molecule has 0 saturated heterocycles. The molecule has 1 aromatic carbocycles. The molecule has 0 saturated carbocycles. The first-order chi connectivity index (χ1) is 7.13. The average molecular weight is 214 g/mol. The van der Waals surface area contributed by atoms with Crippen molar-refractivity contribution < 1.29 is 8.78 Å². The lowest BCUT2D eigenvalue weighted by Crippen LogP contribution is -2.34. The van der Waals surface area contributed by atoms with Gasteiger partial charge in [-0.05, 0) is 37.6 Å². The van der Waals surface area contributed by atoms with Gasteiger partial charge < -0.3 is 11.1 Å². The fourth-order valence-corrected chi connectivity index (χ4v) is 1.24. The predicted octanol–water partition coefficient (Wildman–Crippen LogP) is 1.44.